The molecule has 0 rings (SSSR count). The van der Waals surface area contributed by atoms with Crippen molar-refractivity contribution in [3.63, 3.8) is 0 Å². The van der Waals surface area contributed by atoms with Crippen molar-refractivity contribution < 1.29 is 9.53 Å². The molecule has 0 radical (unpaired) electrons. The molecule has 1 atom stereocenters. The first-order chi connectivity index (χ1) is 7.96. The molecule has 0 aliphatic heterocycles. The monoisotopic (exact) mass is 244 g/mol. The molecule has 0 aromatic heterocycles. The second-order valence-electron chi connectivity index (χ2n) is 5.01. The Balaban J connectivity index is 4.14. The second-order valence-corrected chi connectivity index (χ2v) is 5.01. The summed E-state index contributed by atoms with van der Waals surface area (Å²) in [6.07, 6.45) is 3.98. The number of methoxy groups -OCH3 is 1. The smallest absolute Gasteiger partial charge is 0.325 e. The lowest BCUT2D eigenvalue weighted by molar-refractivity contribution is -0.148. The molecule has 0 aliphatic carbocycles. The third kappa shape index (κ3) is 6.64. The Morgan fingerprint density at radius 3 is 2.47 bits per heavy atom. The lowest BCUT2D eigenvalue weighted by Crippen LogP contribution is -2.50. The lowest BCUT2D eigenvalue weighted by atomic mass is 9.94. The van der Waals surface area contributed by atoms with Crippen LogP contribution in [0.2, 0.25) is 0 Å². The van der Waals surface area contributed by atoms with Crippen LogP contribution in [0.15, 0.2) is 0 Å². The minimum atomic E-state index is -0.531. The number of rotatable bonds is 9. The Morgan fingerprint density at radius 2 is 2.00 bits per heavy atom. The van der Waals surface area contributed by atoms with Gasteiger partial charge in [-0.1, -0.05) is 6.92 Å². The average Bonchev–Trinajstić information content (AvgIpc) is 2.30. The standard InChI is InChI=1S/C13H28N2O2/c1-6-10-14-13(2,12(16)17-5)9-7-8-11-15(3)4/h14H,6-11H2,1-5H3. The van der Waals surface area contributed by atoms with Crippen molar-refractivity contribution >= 4 is 5.97 Å². The minimum Gasteiger partial charge on any atom is -0.468 e. The van der Waals surface area contributed by atoms with Gasteiger partial charge in [-0.3, -0.25) is 4.79 Å². The molecule has 0 saturated carbocycles. The maximum absolute atomic E-state index is 11.8. The van der Waals surface area contributed by atoms with Gasteiger partial charge in [0.2, 0.25) is 0 Å². The molecule has 0 bridgehead atoms. The first kappa shape index (κ1) is 16.4. The van der Waals surface area contributed by atoms with Gasteiger partial charge in [-0.15, -0.1) is 0 Å². The highest BCUT2D eigenvalue weighted by atomic mass is 16.5. The summed E-state index contributed by atoms with van der Waals surface area (Å²) in [6, 6.07) is 0. The Labute approximate surface area is 106 Å². The maximum atomic E-state index is 11.8. The summed E-state index contributed by atoms with van der Waals surface area (Å²) >= 11 is 0. The van der Waals surface area contributed by atoms with Crippen molar-refractivity contribution in [2.75, 3.05) is 34.3 Å². The van der Waals surface area contributed by atoms with Gasteiger partial charge in [0, 0.05) is 0 Å². The van der Waals surface area contributed by atoms with Gasteiger partial charge in [-0.05, 0) is 59.8 Å². The van der Waals surface area contributed by atoms with Crippen molar-refractivity contribution in [1.82, 2.24) is 10.2 Å². The highest BCUT2D eigenvalue weighted by molar-refractivity contribution is 5.80. The number of hydrogen-bond acceptors (Lipinski definition) is 4. The van der Waals surface area contributed by atoms with Crippen LogP contribution in [0.5, 0.6) is 0 Å². The summed E-state index contributed by atoms with van der Waals surface area (Å²) < 4.78 is 4.88. The van der Waals surface area contributed by atoms with Crippen molar-refractivity contribution in [2.24, 2.45) is 0 Å². The SMILES string of the molecule is CCCNC(C)(CCCCN(C)C)C(=O)OC. The molecule has 1 unspecified atom stereocenters. The lowest BCUT2D eigenvalue weighted by Gasteiger charge is -2.28. The normalized spacial score (nSPS) is 14.7. The van der Waals surface area contributed by atoms with Crippen molar-refractivity contribution in [3.8, 4) is 0 Å². The highest BCUT2D eigenvalue weighted by Gasteiger charge is 2.32. The number of carbonyl (C=O) groups excluding carboxylic acids is 1. The fourth-order valence-electron chi connectivity index (χ4n) is 1.80. The molecule has 0 aromatic carbocycles. The topological polar surface area (TPSA) is 41.6 Å². The number of esters is 1. The zero-order valence-electron chi connectivity index (χ0n) is 12.0. The summed E-state index contributed by atoms with van der Waals surface area (Å²) in [4.78, 5) is 13.9. The number of hydrogen-bond donors (Lipinski definition) is 1. The molecule has 4 heteroatoms. The number of carbonyl (C=O) groups is 1. The van der Waals surface area contributed by atoms with Crippen LogP contribution in [0.1, 0.15) is 39.5 Å². The van der Waals surface area contributed by atoms with Crippen LogP contribution in [0, 0.1) is 0 Å². The number of nitrogens with zero attached hydrogens (tertiary/aromatic N) is 1. The van der Waals surface area contributed by atoms with Gasteiger partial charge in [-0.2, -0.15) is 0 Å². The fraction of sp³-hybridized carbons (Fsp3) is 0.923. The van der Waals surface area contributed by atoms with Crippen molar-refractivity contribution in [3.05, 3.63) is 0 Å². The van der Waals surface area contributed by atoms with Crippen LogP contribution in [0.25, 0.3) is 0 Å². The molecule has 0 amide bonds. The van der Waals surface area contributed by atoms with Gasteiger partial charge in [0.15, 0.2) is 0 Å². The Morgan fingerprint density at radius 1 is 1.35 bits per heavy atom. The summed E-state index contributed by atoms with van der Waals surface area (Å²) in [5.74, 6) is -0.157. The second kappa shape index (κ2) is 8.48. The molecule has 0 heterocycles. The molecule has 0 aliphatic rings. The van der Waals surface area contributed by atoms with E-state index < -0.39 is 5.54 Å². The highest BCUT2D eigenvalue weighted by Crippen LogP contribution is 2.16. The van der Waals surface area contributed by atoms with Gasteiger partial charge >= 0.3 is 5.97 Å². The third-order valence-electron chi connectivity index (χ3n) is 2.93. The number of nitrogens with one attached hydrogen (secondary N) is 1. The molecule has 4 nitrogen and oxygen atoms in total. The summed E-state index contributed by atoms with van der Waals surface area (Å²) in [5, 5.41) is 3.30. The molecular weight excluding hydrogens is 216 g/mol. The van der Waals surface area contributed by atoms with E-state index in [1.54, 1.807) is 0 Å². The van der Waals surface area contributed by atoms with Crippen LogP contribution in [0.4, 0.5) is 0 Å². The number of ether oxygens (including phenoxy) is 1. The van der Waals surface area contributed by atoms with Crippen LogP contribution in [-0.4, -0.2) is 50.7 Å². The largest absolute Gasteiger partial charge is 0.468 e. The van der Waals surface area contributed by atoms with Gasteiger partial charge in [0.05, 0.1) is 7.11 Å². The molecule has 102 valence electrons. The van der Waals surface area contributed by atoms with E-state index in [0.29, 0.717) is 0 Å². The molecule has 1 N–H and O–H groups in total. The minimum absolute atomic E-state index is 0.157. The van der Waals surface area contributed by atoms with E-state index in [1.807, 2.05) is 6.92 Å². The zero-order chi connectivity index (χ0) is 13.3. The van der Waals surface area contributed by atoms with Gasteiger partial charge in [-0.25, -0.2) is 0 Å². The first-order valence-electron chi connectivity index (χ1n) is 6.44. The first-order valence-corrected chi connectivity index (χ1v) is 6.44. The molecule has 17 heavy (non-hydrogen) atoms. The molecule has 0 aromatic rings. The van der Waals surface area contributed by atoms with E-state index >= 15 is 0 Å². The van der Waals surface area contributed by atoms with E-state index in [9.17, 15) is 4.79 Å². The van der Waals surface area contributed by atoms with Gasteiger partial charge < -0.3 is 15.0 Å². The van der Waals surface area contributed by atoms with Crippen LogP contribution in [-0.2, 0) is 9.53 Å². The zero-order valence-corrected chi connectivity index (χ0v) is 12.0. The predicted octanol–water partition coefficient (Wildman–Crippen LogP) is 1.65. The van der Waals surface area contributed by atoms with E-state index in [-0.39, 0.29) is 5.97 Å². The van der Waals surface area contributed by atoms with Crippen LogP contribution < -0.4 is 5.32 Å². The quantitative estimate of drug-likeness (QED) is 0.494. The Bertz CT molecular complexity index is 219. The molecule has 0 saturated heterocycles. The average molecular weight is 244 g/mol. The van der Waals surface area contributed by atoms with Crippen molar-refractivity contribution in [2.45, 2.75) is 45.1 Å². The van der Waals surface area contributed by atoms with Gasteiger partial charge in [0.25, 0.3) is 0 Å². The van der Waals surface area contributed by atoms with E-state index in [4.69, 9.17) is 4.74 Å². The van der Waals surface area contributed by atoms with Crippen LogP contribution in [0.3, 0.4) is 0 Å². The molecule has 0 spiro atoms. The molecular formula is C13H28N2O2. The summed E-state index contributed by atoms with van der Waals surface area (Å²) in [5.41, 5.74) is -0.531. The van der Waals surface area contributed by atoms with E-state index in [0.717, 1.165) is 38.8 Å². The van der Waals surface area contributed by atoms with Gasteiger partial charge in [0.1, 0.15) is 5.54 Å². The van der Waals surface area contributed by atoms with Crippen LogP contribution >= 0.6 is 0 Å². The molecule has 0 fully saturated rings. The van der Waals surface area contributed by atoms with Crippen molar-refractivity contribution in [1.29, 1.82) is 0 Å². The fourth-order valence-corrected chi connectivity index (χ4v) is 1.80. The third-order valence-corrected chi connectivity index (χ3v) is 2.93. The van der Waals surface area contributed by atoms with E-state index in [1.165, 1.54) is 7.11 Å². The Kier molecular flexibility index (Phi) is 8.17. The summed E-state index contributed by atoms with van der Waals surface area (Å²) in [7, 11) is 5.58. The number of unbranched alkanes of at least 4 members (excludes halogenated alkanes) is 1. The van der Waals surface area contributed by atoms with E-state index in [2.05, 4.69) is 31.2 Å². The Hall–Kier alpha value is -0.610. The predicted molar refractivity (Wildman–Crippen MR) is 71.1 cm³/mol. The maximum Gasteiger partial charge on any atom is 0.325 e. The summed E-state index contributed by atoms with van der Waals surface area (Å²) in [6.45, 7) is 5.94.